The molecule has 1 amide bonds. The normalized spacial score (nSPS) is 11.2. The van der Waals surface area contributed by atoms with Gasteiger partial charge in [-0.2, -0.15) is 0 Å². The van der Waals surface area contributed by atoms with Crippen molar-refractivity contribution < 1.29 is 19.4 Å². The van der Waals surface area contributed by atoms with Crippen LogP contribution < -0.4 is 5.32 Å². The quantitative estimate of drug-likeness (QED) is 0.631. The number of ether oxygens (including phenoxy) is 1. The van der Waals surface area contributed by atoms with Crippen molar-refractivity contribution in [3.8, 4) is 11.8 Å². The van der Waals surface area contributed by atoms with Crippen LogP contribution in [0.1, 0.15) is 27.0 Å². The van der Waals surface area contributed by atoms with Gasteiger partial charge in [0.25, 0.3) is 5.91 Å². The zero-order valence-electron chi connectivity index (χ0n) is 10.9. The van der Waals surface area contributed by atoms with E-state index in [9.17, 15) is 9.59 Å². The minimum absolute atomic E-state index is 0.224. The molecule has 0 aliphatic carbocycles. The number of hydrogen-bond acceptors (Lipinski definition) is 5. The van der Waals surface area contributed by atoms with Crippen LogP contribution in [0.5, 0.6) is 0 Å². The largest absolute Gasteiger partial charge is 0.467 e. The molecule has 0 saturated heterocycles. The Morgan fingerprint density at radius 2 is 2.26 bits per heavy atom. The van der Waals surface area contributed by atoms with Gasteiger partial charge in [0.2, 0.25) is 0 Å². The van der Waals surface area contributed by atoms with E-state index >= 15 is 0 Å². The van der Waals surface area contributed by atoms with Crippen LogP contribution in [0.2, 0.25) is 0 Å². The molecule has 0 fully saturated rings. The predicted octanol–water partition coefficient (Wildman–Crippen LogP) is 0.692. The van der Waals surface area contributed by atoms with Gasteiger partial charge in [-0.25, -0.2) is 4.79 Å². The molecule has 2 N–H and O–H groups in total. The molecule has 1 unspecified atom stereocenters. The molecule has 19 heavy (non-hydrogen) atoms. The molecular weight excluding hydrogens is 266 g/mol. The van der Waals surface area contributed by atoms with Crippen molar-refractivity contribution in [1.29, 1.82) is 0 Å². The first-order valence-electron chi connectivity index (χ1n) is 5.58. The average molecular weight is 281 g/mol. The monoisotopic (exact) mass is 281 g/mol. The number of nitrogens with one attached hydrogen (secondary N) is 1. The van der Waals surface area contributed by atoms with Crippen molar-refractivity contribution in [3.05, 3.63) is 21.4 Å². The molecule has 0 aromatic carbocycles. The van der Waals surface area contributed by atoms with Crippen LogP contribution in [0.3, 0.4) is 0 Å². The first-order valence-corrected chi connectivity index (χ1v) is 6.40. The molecule has 6 heteroatoms. The Hall–Kier alpha value is -1.84. The summed E-state index contributed by atoms with van der Waals surface area (Å²) >= 11 is 1.22. The second-order valence-corrected chi connectivity index (χ2v) is 4.85. The molecule has 0 aliphatic heterocycles. The summed E-state index contributed by atoms with van der Waals surface area (Å²) < 4.78 is 4.53. The Morgan fingerprint density at radius 1 is 1.58 bits per heavy atom. The molecule has 0 spiro atoms. The van der Waals surface area contributed by atoms with Gasteiger partial charge in [0.15, 0.2) is 0 Å². The van der Waals surface area contributed by atoms with Gasteiger partial charge < -0.3 is 15.2 Å². The SMILES string of the molecule is COC(=O)C(C)NC(=O)c1cc(C)c(C#CCO)s1. The molecule has 0 radical (unpaired) electrons. The molecular formula is C13H15NO4S. The van der Waals surface area contributed by atoms with E-state index in [1.54, 1.807) is 13.0 Å². The van der Waals surface area contributed by atoms with Gasteiger partial charge in [-0.05, 0) is 25.5 Å². The lowest BCUT2D eigenvalue weighted by Gasteiger charge is -2.10. The highest BCUT2D eigenvalue weighted by Crippen LogP contribution is 2.20. The Morgan fingerprint density at radius 3 is 2.84 bits per heavy atom. The number of aliphatic hydroxyl groups is 1. The number of esters is 1. The van der Waals surface area contributed by atoms with Crippen LogP contribution in [-0.2, 0) is 9.53 Å². The van der Waals surface area contributed by atoms with Crippen molar-refractivity contribution in [2.75, 3.05) is 13.7 Å². The van der Waals surface area contributed by atoms with E-state index in [1.165, 1.54) is 18.4 Å². The Labute approximate surface area is 115 Å². The lowest BCUT2D eigenvalue weighted by atomic mass is 10.2. The number of thiophene rings is 1. The Balaban J connectivity index is 2.81. The fraction of sp³-hybridized carbons (Fsp3) is 0.385. The van der Waals surface area contributed by atoms with Gasteiger partial charge in [0.05, 0.1) is 16.9 Å². The smallest absolute Gasteiger partial charge is 0.328 e. The number of rotatable bonds is 3. The fourth-order valence-electron chi connectivity index (χ4n) is 1.34. The second-order valence-electron chi connectivity index (χ2n) is 3.80. The molecule has 1 aromatic rings. The second kappa shape index (κ2) is 6.92. The summed E-state index contributed by atoms with van der Waals surface area (Å²) in [4.78, 5) is 24.3. The van der Waals surface area contributed by atoms with Crippen LogP contribution in [0.25, 0.3) is 0 Å². The van der Waals surface area contributed by atoms with Crippen LogP contribution >= 0.6 is 11.3 Å². The highest BCUT2D eigenvalue weighted by molar-refractivity contribution is 7.14. The maximum absolute atomic E-state index is 11.9. The summed E-state index contributed by atoms with van der Waals surface area (Å²) in [5.74, 6) is 4.47. The van der Waals surface area contributed by atoms with Gasteiger partial charge in [-0.15, -0.1) is 11.3 Å². The third-order valence-corrected chi connectivity index (χ3v) is 3.48. The highest BCUT2D eigenvalue weighted by Gasteiger charge is 2.18. The third-order valence-electron chi connectivity index (χ3n) is 2.32. The van der Waals surface area contributed by atoms with Gasteiger partial charge >= 0.3 is 5.97 Å². The minimum atomic E-state index is -0.702. The van der Waals surface area contributed by atoms with E-state index in [-0.39, 0.29) is 12.5 Å². The molecule has 1 aromatic heterocycles. The molecule has 0 saturated carbocycles. The standard InChI is InChI=1S/C13H15NO4S/c1-8-7-11(19-10(8)5-4-6-15)12(16)14-9(2)13(17)18-3/h7,9,15H,6H2,1-3H3,(H,14,16). The van der Waals surface area contributed by atoms with E-state index < -0.39 is 12.0 Å². The minimum Gasteiger partial charge on any atom is -0.467 e. The highest BCUT2D eigenvalue weighted by atomic mass is 32.1. The topological polar surface area (TPSA) is 75.6 Å². The summed E-state index contributed by atoms with van der Waals surface area (Å²) in [6, 6.07) is 0.998. The van der Waals surface area contributed by atoms with E-state index in [0.29, 0.717) is 4.88 Å². The van der Waals surface area contributed by atoms with E-state index in [1.807, 2.05) is 6.92 Å². The first-order chi connectivity index (χ1) is 8.99. The van der Waals surface area contributed by atoms with Gasteiger partial charge in [0, 0.05) is 0 Å². The molecule has 5 nitrogen and oxygen atoms in total. The first kappa shape index (κ1) is 15.2. The lowest BCUT2D eigenvalue weighted by Crippen LogP contribution is -2.38. The molecule has 1 rings (SSSR count). The van der Waals surface area contributed by atoms with Gasteiger partial charge in [-0.3, -0.25) is 4.79 Å². The van der Waals surface area contributed by atoms with Crippen LogP contribution in [-0.4, -0.2) is 36.7 Å². The Kier molecular flexibility index (Phi) is 5.55. The summed E-state index contributed by atoms with van der Waals surface area (Å²) in [6.45, 7) is 3.16. The van der Waals surface area contributed by atoms with Crippen LogP contribution in [0, 0.1) is 18.8 Å². The van der Waals surface area contributed by atoms with Crippen molar-refractivity contribution in [2.45, 2.75) is 19.9 Å². The zero-order valence-corrected chi connectivity index (χ0v) is 11.8. The summed E-state index contributed by atoms with van der Waals surface area (Å²) in [6.07, 6.45) is 0. The lowest BCUT2D eigenvalue weighted by molar-refractivity contribution is -0.142. The number of amides is 1. The predicted molar refractivity (Wildman–Crippen MR) is 72.0 cm³/mol. The maximum Gasteiger partial charge on any atom is 0.328 e. The van der Waals surface area contributed by atoms with Crippen LogP contribution in [0.4, 0.5) is 0 Å². The summed E-state index contributed by atoms with van der Waals surface area (Å²) in [5.41, 5.74) is 0.863. The molecule has 0 bridgehead atoms. The van der Waals surface area contributed by atoms with E-state index in [0.717, 1.165) is 10.4 Å². The maximum atomic E-state index is 11.9. The summed E-state index contributed by atoms with van der Waals surface area (Å²) in [7, 11) is 1.27. The average Bonchev–Trinajstić information content (AvgIpc) is 2.76. The molecule has 102 valence electrons. The fourth-order valence-corrected chi connectivity index (χ4v) is 2.29. The number of carbonyl (C=O) groups excluding carboxylic acids is 2. The number of hydrogen-bond donors (Lipinski definition) is 2. The zero-order chi connectivity index (χ0) is 14.4. The van der Waals surface area contributed by atoms with Gasteiger partial charge in [0.1, 0.15) is 12.6 Å². The number of aryl methyl sites for hydroxylation is 1. The van der Waals surface area contributed by atoms with E-state index in [2.05, 4.69) is 21.9 Å². The van der Waals surface area contributed by atoms with Crippen molar-refractivity contribution in [2.24, 2.45) is 0 Å². The Bertz CT molecular complexity index is 539. The third kappa shape index (κ3) is 4.09. The van der Waals surface area contributed by atoms with Crippen LogP contribution in [0.15, 0.2) is 6.07 Å². The molecule has 0 aliphatic rings. The van der Waals surface area contributed by atoms with Crippen molar-refractivity contribution in [3.63, 3.8) is 0 Å². The number of aliphatic hydroxyl groups excluding tert-OH is 1. The molecule has 1 heterocycles. The van der Waals surface area contributed by atoms with Crippen molar-refractivity contribution >= 4 is 23.2 Å². The molecule has 1 atom stereocenters. The van der Waals surface area contributed by atoms with Crippen molar-refractivity contribution in [1.82, 2.24) is 5.32 Å². The van der Waals surface area contributed by atoms with Gasteiger partial charge in [-0.1, -0.05) is 11.8 Å². The van der Waals surface area contributed by atoms with E-state index in [4.69, 9.17) is 5.11 Å². The number of methoxy groups -OCH3 is 1. The summed E-state index contributed by atoms with van der Waals surface area (Å²) in [5, 5.41) is 11.2. The number of carbonyl (C=O) groups is 2.